The van der Waals surface area contributed by atoms with Gasteiger partial charge in [0.05, 0.1) is 6.07 Å². The molecule has 0 atom stereocenters. The summed E-state index contributed by atoms with van der Waals surface area (Å²) in [6.45, 7) is 6.25. The molecule has 0 bridgehead atoms. The number of carbonyl (C=O) groups excluding carboxylic acids is 1. The van der Waals surface area contributed by atoms with Gasteiger partial charge in [0.2, 0.25) is 5.91 Å². The lowest BCUT2D eigenvalue weighted by Gasteiger charge is -2.34. The highest BCUT2D eigenvalue weighted by Crippen LogP contribution is 2.35. The zero-order valence-electron chi connectivity index (χ0n) is 10.6. The van der Waals surface area contributed by atoms with Crippen molar-refractivity contribution in [1.29, 1.82) is 5.26 Å². The SMILES string of the molecule is CC1(CNC(=O)C(C)(C)C#N)CCCCC1. The highest BCUT2D eigenvalue weighted by Gasteiger charge is 2.31. The summed E-state index contributed by atoms with van der Waals surface area (Å²) in [5.41, 5.74) is -0.676. The third-order valence-corrected chi connectivity index (χ3v) is 3.58. The summed E-state index contributed by atoms with van der Waals surface area (Å²) in [5.74, 6) is -0.151. The van der Waals surface area contributed by atoms with Crippen LogP contribution in [0.1, 0.15) is 52.9 Å². The summed E-state index contributed by atoms with van der Waals surface area (Å²) < 4.78 is 0. The summed E-state index contributed by atoms with van der Waals surface area (Å²) in [4.78, 5) is 11.7. The van der Waals surface area contributed by atoms with Crippen molar-refractivity contribution in [1.82, 2.24) is 5.32 Å². The average molecular weight is 222 g/mol. The normalized spacial score (nSPS) is 19.9. The Morgan fingerprint density at radius 2 is 1.94 bits per heavy atom. The molecule has 1 saturated carbocycles. The Bertz CT molecular complexity index is 296. The fourth-order valence-corrected chi connectivity index (χ4v) is 2.15. The molecule has 3 nitrogen and oxygen atoms in total. The molecule has 0 aromatic rings. The second-order valence-electron chi connectivity index (χ2n) is 5.79. The minimum Gasteiger partial charge on any atom is -0.354 e. The van der Waals surface area contributed by atoms with Crippen LogP contribution in [0.3, 0.4) is 0 Å². The van der Waals surface area contributed by atoms with Gasteiger partial charge in [0, 0.05) is 6.54 Å². The smallest absolute Gasteiger partial charge is 0.239 e. The minimum atomic E-state index is -0.912. The largest absolute Gasteiger partial charge is 0.354 e. The molecule has 0 aliphatic heterocycles. The van der Waals surface area contributed by atoms with Gasteiger partial charge in [-0.05, 0) is 32.1 Å². The van der Waals surface area contributed by atoms with Crippen molar-refractivity contribution < 1.29 is 4.79 Å². The molecule has 1 amide bonds. The zero-order valence-corrected chi connectivity index (χ0v) is 10.6. The lowest BCUT2D eigenvalue weighted by Crippen LogP contribution is -2.42. The summed E-state index contributed by atoms with van der Waals surface area (Å²) in [6.07, 6.45) is 6.19. The van der Waals surface area contributed by atoms with Gasteiger partial charge >= 0.3 is 0 Å². The molecule has 0 aromatic carbocycles. The van der Waals surface area contributed by atoms with E-state index < -0.39 is 5.41 Å². The van der Waals surface area contributed by atoms with Crippen molar-refractivity contribution in [3.05, 3.63) is 0 Å². The number of hydrogen-bond acceptors (Lipinski definition) is 2. The van der Waals surface area contributed by atoms with Crippen LogP contribution in [0, 0.1) is 22.2 Å². The van der Waals surface area contributed by atoms with E-state index in [0.717, 1.165) is 0 Å². The summed E-state index contributed by atoms with van der Waals surface area (Å²) in [7, 11) is 0. The molecule has 0 heterocycles. The Labute approximate surface area is 98.2 Å². The Morgan fingerprint density at radius 1 is 1.38 bits per heavy atom. The molecule has 16 heavy (non-hydrogen) atoms. The maximum Gasteiger partial charge on any atom is 0.239 e. The Morgan fingerprint density at radius 3 is 2.44 bits per heavy atom. The van der Waals surface area contributed by atoms with E-state index in [1.54, 1.807) is 13.8 Å². The van der Waals surface area contributed by atoms with Crippen LogP contribution in [0.5, 0.6) is 0 Å². The van der Waals surface area contributed by atoms with Gasteiger partial charge in [0.15, 0.2) is 0 Å². The molecule has 0 spiro atoms. The van der Waals surface area contributed by atoms with E-state index in [2.05, 4.69) is 12.2 Å². The molecular formula is C13H22N2O. The quantitative estimate of drug-likeness (QED) is 0.798. The van der Waals surface area contributed by atoms with Crippen LogP contribution in [0.2, 0.25) is 0 Å². The highest BCUT2D eigenvalue weighted by atomic mass is 16.2. The number of nitriles is 1. The fraction of sp³-hybridized carbons (Fsp3) is 0.846. The molecule has 0 aromatic heterocycles. The van der Waals surface area contributed by atoms with E-state index in [9.17, 15) is 4.79 Å². The summed E-state index contributed by atoms with van der Waals surface area (Å²) >= 11 is 0. The van der Waals surface area contributed by atoms with E-state index in [1.807, 2.05) is 6.07 Å². The molecule has 90 valence electrons. The molecule has 1 fully saturated rings. The Balaban J connectivity index is 2.45. The summed E-state index contributed by atoms with van der Waals surface area (Å²) in [6, 6.07) is 2.03. The molecule has 3 heteroatoms. The molecule has 1 aliphatic carbocycles. The van der Waals surface area contributed by atoms with Crippen LogP contribution in [0.4, 0.5) is 0 Å². The Kier molecular flexibility index (Phi) is 3.96. The van der Waals surface area contributed by atoms with E-state index in [-0.39, 0.29) is 11.3 Å². The predicted octanol–water partition coefficient (Wildman–Crippen LogP) is 2.62. The van der Waals surface area contributed by atoms with Crippen molar-refractivity contribution in [2.45, 2.75) is 52.9 Å². The van der Waals surface area contributed by atoms with Gasteiger partial charge in [-0.1, -0.05) is 26.2 Å². The molecular weight excluding hydrogens is 200 g/mol. The predicted molar refractivity (Wildman–Crippen MR) is 63.6 cm³/mol. The molecule has 1 rings (SSSR count). The molecule has 0 radical (unpaired) electrons. The third-order valence-electron chi connectivity index (χ3n) is 3.58. The number of hydrogen-bond donors (Lipinski definition) is 1. The van der Waals surface area contributed by atoms with E-state index in [4.69, 9.17) is 5.26 Å². The van der Waals surface area contributed by atoms with Gasteiger partial charge in [-0.15, -0.1) is 0 Å². The molecule has 1 aliphatic rings. The van der Waals surface area contributed by atoms with Crippen LogP contribution in [-0.2, 0) is 4.79 Å². The Hall–Kier alpha value is -1.04. The van der Waals surface area contributed by atoms with Gasteiger partial charge in [0.25, 0.3) is 0 Å². The van der Waals surface area contributed by atoms with Crippen LogP contribution in [-0.4, -0.2) is 12.5 Å². The number of amides is 1. The fourth-order valence-electron chi connectivity index (χ4n) is 2.15. The highest BCUT2D eigenvalue weighted by molar-refractivity contribution is 5.84. The molecule has 1 N–H and O–H groups in total. The minimum absolute atomic E-state index is 0.151. The zero-order chi connectivity index (χ0) is 12.2. The molecule has 0 saturated heterocycles. The van der Waals surface area contributed by atoms with E-state index in [1.165, 1.54) is 32.1 Å². The summed E-state index contributed by atoms with van der Waals surface area (Å²) in [5, 5.41) is 11.8. The van der Waals surface area contributed by atoms with Crippen LogP contribution in [0.15, 0.2) is 0 Å². The third kappa shape index (κ3) is 3.23. The second-order valence-corrected chi connectivity index (χ2v) is 5.79. The first-order chi connectivity index (χ1) is 7.40. The lowest BCUT2D eigenvalue weighted by atomic mass is 9.75. The average Bonchev–Trinajstić information content (AvgIpc) is 2.27. The van der Waals surface area contributed by atoms with Gasteiger partial charge in [-0.3, -0.25) is 4.79 Å². The van der Waals surface area contributed by atoms with Gasteiger partial charge in [-0.2, -0.15) is 5.26 Å². The topological polar surface area (TPSA) is 52.9 Å². The first kappa shape index (κ1) is 13.0. The monoisotopic (exact) mass is 222 g/mol. The van der Waals surface area contributed by atoms with Crippen LogP contribution >= 0.6 is 0 Å². The van der Waals surface area contributed by atoms with Crippen molar-refractivity contribution in [3.8, 4) is 6.07 Å². The lowest BCUT2D eigenvalue weighted by molar-refractivity contribution is -0.127. The number of rotatable bonds is 3. The number of nitrogens with zero attached hydrogens (tertiary/aromatic N) is 1. The second kappa shape index (κ2) is 4.86. The van der Waals surface area contributed by atoms with E-state index >= 15 is 0 Å². The van der Waals surface area contributed by atoms with Crippen LogP contribution in [0.25, 0.3) is 0 Å². The van der Waals surface area contributed by atoms with Gasteiger partial charge in [0.1, 0.15) is 5.41 Å². The van der Waals surface area contributed by atoms with Crippen LogP contribution < -0.4 is 5.32 Å². The molecule has 0 unspecified atom stereocenters. The maximum absolute atomic E-state index is 11.7. The number of nitrogens with one attached hydrogen (secondary N) is 1. The number of carbonyl (C=O) groups is 1. The van der Waals surface area contributed by atoms with Crippen molar-refractivity contribution >= 4 is 5.91 Å². The maximum atomic E-state index is 11.7. The van der Waals surface area contributed by atoms with Gasteiger partial charge < -0.3 is 5.32 Å². The first-order valence-electron chi connectivity index (χ1n) is 6.09. The van der Waals surface area contributed by atoms with Crippen molar-refractivity contribution in [2.75, 3.05) is 6.54 Å². The first-order valence-corrected chi connectivity index (χ1v) is 6.09. The van der Waals surface area contributed by atoms with E-state index in [0.29, 0.717) is 6.54 Å². The van der Waals surface area contributed by atoms with Gasteiger partial charge in [-0.25, -0.2) is 0 Å². The van der Waals surface area contributed by atoms with Crippen molar-refractivity contribution in [3.63, 3.8) is 0 Å². The van der Waals surface area contributed by atoms with Crippen molar-refractivity contribution in [2.24, 2.45) is 10.8 Å². The standard InChI is InChI=1S/C13H22N2O/c1-12(2,9-14)11(16)15-10-13(3)7-5-4-6-8-13/h4-8,10H2,1-3H3,(H,15,16).